The van der Waals surface area contributed by atoms with Crippen LogP contribution in [0.25, 0.3) is 0 Å². The molecule has 0 aromatic rings. The van der Waals surface area contributed by atoms with Gasteiger partial charge in [-0.1, -0.05) is 12.2 Å². The number of hydrogen-bond donors (Lipinski definition) is 1. The molecule has 0 spiro atoms. The molecule has 1 aliphatic rings. The summed E-state index contributed by atoms with van der Waals surface area (Å²) < 4.78 is 0. The summed E-state index contributed by atoms with van der Waals surface area (Å²) in [5, 5.41) is 9.48. The van der Waals surface area contributed by atoms with E-state index in [1.54, 1.807) is 0 Å². The molecule has 52 valence electrons. The summed E-state index contributed by atoms with van der Waals surface area (Å²) in [5.41, 5.74) is 0.751. The highest BCUT2D eigenvalue weighted by Crippen LogP contribution is 2.29. The molecule has 0 saturated heterocycles. The first-order valence-corrected chi connectivity index (χ1v) is 3.49. The van der Waals surface area contributed by atoms with Crippen LogP contribution in [0.1, 0.15) is 32.6 Å². The fraction of sp³-hybridized carbons (Fsp3) is 0.750. The van der Waals surface area contributed by atoms with Crippen LogP contribution in [0.2, 0.25) is 0 Å². The SMILES string of the molecule is C=C1CCC[C@](C)(O)C1. The topological polar surface area (TPSA) is 20.2 Å². The Morgan fingerprint density at radius 2 is 2.33 bits per heavy atom. The predicted molar refractivity (Wildman–Crippen MR) is 38.2 cm³/mol. The molecule has 1 N–H and O–H groups in total. The van der Waals surface area contributed by atoms with Crippen molar-refractivity contribution in [2.45, 2.75) is 38.2 Å². The molecular formula is C8H14O. The van der Waals surface area contributed by atoms with Crippen molar-refractivity contribution in [2.24, 2.45) is 0 Å². The molecule has 0 heterocycles. The minimum absolute atomic E-state index is 0.449. The minimum Gasteiger partial charge on any atom is -0.390 e. The average molecular weight is 126 g/mol. The van der Waals surface area contributed by atoms with Crippen molar-refractivity contribution >= 4 is 0 Å². The van der Waals surface area contributed by atoms with Crippen molar-refractivity contribution < 1.29 is 5.11 Å². The van der Waals surface area contributed by atoms with Gasteiger partial charge in [0.25, 0.3) is 0 Å². The molecule has 0 unspecified atom stereocenters. The Morgan fingerprint density at radius 1 is 1.67 bits per heavy atom. The number of rotatable bonds is 0. The Kier molecular flexibility index (Phi) is 1.62. The van der Waals surface area contributed by atoms with Gasteiger partial charge < -0.3 is 5.11 Å². The molecular weight excluding hydrogens is 112 g/mol. The molecule has 1 atom stereocenters. The van der Waals surface area contributed by atoms with Crippen molar-refractivity contribution in [2.75, 3.05) is 0 Å². The minimum atomic E-state index is -0.449. The van der Waals surface area contributed by atoms with E-state index in [2.05, 4.69) is 6.58 Å². The van der Waals surface area contributed by atoms with Gasteiger partial charge in [0, 0.05) is 0 Å². The molecule has 0 aliphatic heterocycles. The zero-order chi connectivity index (χ0) is 6.91. The van der Waals surface area contributed by atoms with E-state index in [4.69, 9.17) is 0 Å². The Bertz CT molecular complexity index is 125. The maximum atomic E-state index is 9.48. The van der Waals surface area contributed by atoms with Crippen LogP contribution in [0, 0.1) is 0 Å². The van der Waals surface area contributed by atoms with Gasteiger partial charge in [-0.2, -0.15) is 0 Å². The molecule has 0 radical (unpaired) electrons. The molecule has 0 amide bonds. The molecule has 0 aromatic carbocycles. The van der Waals surface area contributed by atoms with Crippen molar-refractivity contribution in [1.29, 1.82) is 0 Å². The third-order valence-corrected chi connectivity index (χ3v) is 1.88. The summed E-state index contributed by atoms with van der Waals surface area (Å²) in [4.78, 5) is 0. The molecule has 1 saturated carbocycles. The van der Waals surface area contributed by atoms with E-state index in [1.165, 1.54) is 5.57 Å². The molecule has 1 rings (SSSR count). The van der Waals surface area contributed by atoms with E-state index in [-0.39, 0.29) is 0 Å². The normalized spacial score (nSPS) is 36.9. The lowest BCUT2D eigenvalue weighted by molar-refractivity contribution is 0.0389. The number of aliphatic hydroxyl groups is 1. The average Bonchev–Trinajstić information content (AvgIpc) is 1.60. The quantitative estimate of drug-likeness (QED) is 0.491. The Morgan fingerprint density at radius 3 is 2.67 bits per heavy atom. The van der Waals surface area contributed by atoms with Crippen LogP contribution in [0.5, 0.6) is 0 Å². The second-order valence-electron chi connectivity index (χ2n) is 3.28. The Hall–Kier alpha value is -0.300. The van der Waals surface area contributed by atoms with Gasteiger partial charge in [-0.15, -0.1) is 0 Å². The predicted octanol–water partition coefficient (Wildman–Crippen LogP) is 1.87. The van der Waals surface area contributed by atoms with Crippen molar-refractivity contribution in [3.8, 4) is 0 Å². The first-order chi connectivity index (χ1) is 4.10. The summed E-state index contributed by atoms with van der Waals surface area (Å²) in [6, 6.07) is 0. The van der Waals surface area contributed by atoms with Crippen LogP contribution in [0.4, 0.5) is 0 Å². The lowest BCUT2D eigenvalue weighted by atomic mass is 9.84. The van der Waals surface area contributed by atoms with Gasteiger partial charge in [0.15, 0.2) is 0 Å². The smallest absolute Gasteiger partial charge is 0.0656 e. The largest absolute Gasteiger partial charge is 0.390 e. The highest BCUT2D eigenvalue weighted by molar-refractivity contribution is 5.03. The monoisotopic (exact) mass is 126 g/mol. The van der Waals surface area contributed by atoms with Crippen LogP contribution in [0.3, 0.4) is 0 Å². The number of hydrogen-bond acceptors (Lipinski definition) is 1. The summed E-state index contributed by atoms with van der Waals surface area (Å²) in [6.45, 7) is 5.74. The van der Waals surface area contributed by atoms with Crippen LogP contribution in [-0.2, 0) is 0 Å². The zero-order valence-corrected chi connectivity index (χ0v) is 5.98. The van der Waals surface area contributed by atoms with Gasteiger partial charge in [0.05, 0.1) is 5.60 Å². The summed E-state index contributed by atoms with van der Waals surface area (Å²) in [7, 11) is 0. The molecule has 1 aliphatic carbocycles. The maximum Gasteiger partial charge on any atom is 0.0656 e. The summed E-state index contributed by atoms with van der Waals surface area (Å²) >= 11 is 0. The van der Waals surface area contributed by atoms with Gasteiger partial charge in [-0.05, 0) is 32.6 Å². The second-order valence-corrected chi connectivity index (χ2v) is 3.28. The third-order valence-electron chi connectivity index (χ3n) is 1.88. The molecule has 0 bridgehead atoms. The lowest BCUT2D eigenvalue weighted by Gasteiger charge is -2.28. The summed E-state index contributed by atoms with van der Waals surface area (Å²) in [5.74, 6) is 0. The van der Waals surface area contributed by atoms with Crippen LogP contribution >= 0.6 is 0 Å². The van der Waals surface area contributed by atoms with E-state index in [1.807, 2.05) is 6.92 Å². The first kappa shape index (κ1) is 6.81. The van der Waals surface area contributed by atoms with E-state index in [0.717, 1.165) is 25.7 Å². The highest BCUT2D eigenvalue weighted by atomic mass is 16.3. The molecule has 1 nitrogen and oxygen atoms in total. The van der Waals surface area contributed by atoms with E-state index >= 15 is 0 Å². The van der Waals surface area contributed by atoms with Crippen LogP contribution in [-0.4, -0.2) is 10.7 Å². The van der Waals surface area contributed by atoms with Crippen LogP contribution < -0.4 is 0 Å². The van der Waals surface area contributed by atoms with E-state index in [0.29, 0.717) is 0 Å². The highest BCUT2D eigenvalue weighted by Gasteiger charge is 2.24. The van der Waals surface area contributed by atoms with E-state index in [9.17, 15) is 5.11 Å². The molecule has 1 fully saturated rings. The van der Waals surface area contributed by atoms with Gasteiger partial charge in [-0.3, -0.25) is 0 Å². The molecule has 0 aromatic heterocycles. The molecule has 1 heteroatoms. The Labute approximate surface area is 56.4 Å². The zero-order valence-electron chi connectivity index (χ0n) is 5.98. The van der Waals surface area contributed by atoms with Gasteiger partial charge in [0.2, 0.25) is 0 Å². The van der Waals surface area contributed by atoms with Gasteiger partial charge in [0.1, 0.15) is 0 Å². The standard InChI is InChI=1S/C8H14O/c1-7-4-3-5-8(2,9)6-7/h9H,1,3-6H2,2H3/t8-/m0/s1. The molecule has 9 heavy (non-hydrogen) atoms. The fourth-order valence-electron chi connectivity index (χ4n) is 1.43. The third kappa shape index (κ3) is 1.83. The van der Waals surface area contributed by atoms with Crippen molar-refractivity contribution in [3.63, 3.8) is 0 Å². The Balaban J connectivity index is 2.51. The van der Waals surface area contributed by atoms with Crippen molar-refractivity contribution in [3.05, 3.63) is 12.2 Å². The maximum absolute atomic E-state index is 9.48. The lowest BCUT2D eigenvalue weighted by Crippen LogP contribution is -2.27. The summed E-state index contributed by atoms with van der Waals surface area (Å²) in [6.07, 6.45) is 3.95. The fourth-order valence-corrected chi connectivity index (χ4v) is 1.43. The van der Waals surface area contributed by atoms with Crippen molar-refractivity contribution in [1.82, 2.24) is 0 Å². The van der Waals surface area contributed by atoms with E-state index < -0.39 is 5.60 Å². The second kappa shape index (κ2) is 2.14. The van der Waals surface area contributed by atoms with Gasteiger partial charge >= 0.3 is 0 Å². The van der Waals surface area contributed by atoms with Crippen LogP contribution in [0.15, 0.2) is 12.2 Å². The first-order valence-electron chi connectivity index (χ1n) is 3.49. The van der Waals surface area contributed by atoms with Gasteiger partial charge in [-0.25, -0.2) is 0 Å².